The number of halogens is 2. The molecule has 32 heavy (non-hydrogen) atoms. The molecule has 2 aliphatic rings. The number of amides is 1. The van der Waals surface area contributed by atoms with E-state index in [1.807, 2.05) is 12.1 Å². The van der Waals surface area contributed by atoms with Gasteiger partial charge in [-0.1, -0.05) is 17.3 Å². The molecule has 3 atom stereocenters. The molecule has 1 aromatic heterocycles. The first-order valence-corrected chi connectivity index (χ1v) is 11.0. The molecular weight excluding hydrogens is 412 g/mol. The van der Waals surface area contributed by atoms with Crippen LogP contribution in [-0.2, 0) is 6.54 Å². The van der Waals surface area contributed by atoms with Crippen molar-refractivity contribution in [3.8, 4) is 11.3 Å². The summed E-state index contributed by atoms with van der Waals surface area (Å²) in [6, 6.07) is 12.2. The minimum Gasteiger partial charge on any atom is -0.366 e. The lowest BCUT2D eigenvalue weighted by atomic mass is 9.84. The smallest absolute Gasteiger partial charge is 0.248 e. The number of piperidine rings is 1. The first-order chi connectivity index (χ1) is 15.5. The third-order valence-corrected chi connectivity index (χ3v) is 6.86. The normalized spacial score (nSPS) is 22.9. The summed E-state index contributed by atoms with van der Waals surface area (Å²) in [5.74, 6) is -1.21. The highest BCUT2D eigenvalue weighted by Crippen LogP contribution is 2.43. The molecule has 0 radical (unpaired) electrons. The standard InChI is InChI=1S/C24H25F2N5O/c25-18-4-7-21(22(26)13-18)23-14-30(29-28-23)8-9-31-19-5-6-20(31)12-17(11-19)15-2-1-3-16(10-15)24(27)32/h1-4,7,10,13-14,17,19-20H,5-6,8-9,11-12H2,(H2,27,32)/t17-,19+,20-. The van der Waals surface area contributed by atoms with Gasteiger partial charge in [0, 0.05) is 35.8 Å². The third kappa shape index (κ3) is 4.02. The summed E-state index contributed by atoms with van der Waals surface area (Å²) < 4.78 is 28.9. The molecule has 1 amide bonds. The van der Waals surface area contributed by atoms with Crippen molar-refractivity contribution in [1.82, 2.24) is 19.9 Å². The van der Waals surface area contributed by atoms with E-state index in [1.54, 1.807) is 16.9 Å². The average molecular weight is 437 g/mol. The zero-order valence-corrected chi connectivity index (χ0v) is 17.6. The van der Waals surface area contributed by atoms with E-state index in [9.17, 15) is 13.6 Å². The van der Waals surface area contributed by atoms with Crippen LogP contribution in [0.1, 0.15) is 47.5 Å². The summed E-state index contributed by atoms with van der Waals surface area (Å²) in [6.45, 7) is 1.50. The number of benzene rings is 2. The van der Waals surface area contributed by atoms with Gasteiger partial charge in [-0.25, -0.2) is 8.78 Å². The summed E-state index contributed by atoms with van der Waals surface area (Å²) in [5.41, 5.74) is 7.86. The maximum atomic E-state index is 14.0. The molecule has 0 saturated carbocycles. The van der Waals surface area contributed by atoms with Gasteiger partial charge in [0.15, 0.2) is 0 Å². The van der Waals surface area contributed by atoms with E-state index in [1.165, 1.54) is 30.5 Å². The van der Waals surface area contributed by atoms with E-state index in [4.69, 9.17) is 5.73 Å². The molecule has 3 aromatic rings. The van der Waals surface area contributed by atoms with Crippen LogP contribution in [0, 0.1) is 11.6 Å². The van der Waals surface area contributed by atoms with E-state index >= 15 is 0 Å². The summed E-state index contributed by atoms with van der Waals surface area (Å²) in [4.78, 5) is 14.1. The second kappa shape index (κ2) is 8.43. The Hall–Kier alpha value is -3.13. The second-order valence-electron chi connectivity index (χ2n) is 8.77. The molecule has 2 aliphatic heterocycles. The lowest BCUT2D eigenvalue weighted by Gasteiger charge is -2.39. The highest BCUT2D eigenvalue weighted by molar-refractivity contribution is 5.92. The lowest BCUT2D eigenvalue weighted by Crippen LogP contribution is -2.43. The Morgan fingerprint density at radius 1 is 1.06 bits per heavy atom. The van der Waals surface area contributed by atoms with Crippen molar-refractivity contribution in [3.05, 3.63) is 71.4 Å². The Kier molecular flexibility index (Phi) is 5.46. The van der Waals surface area contributed by atoms with Crippen molar-refractivity contribution >= 4 is 5.91 Å². The molecule has 2 N–H and O–H groups in total. The number of rotatable bonds is 6. The summed E-state index contributed by atoms with van der Waals surface area (Å²) in [5, 5.41) is 8.20. The van der Waals surface area contributed by atoms with Crippen molar-refractivity contribution in [2.75, 3.05) is 6.54 Å². The van der Waals surface area contributed by atoms with Crippen LogP contribution in [-0.4, -0.2) is 44.4 Å². The molecule has 2 saturated heterocycles. The molecule has 0 aliphatic carbocycles. The summed E-state index contributed by atoms with van der Waals surface area (Å²) >= 11 is 0. The van der Waals surface area contributed by atoms with E-state index < -0.39 is 11.6 Å². The van der Waals surface area contributed by atoms with Crippen LogP contribution in [0.2, 0.25) is 0 Å². The van der Waals surface area contributed by atoms with Gasteiger partial charge < -0.3 is 5.73 Å². The van der Waals surface area contributed by atoms with Crippen LogP contribution in [0.4, 0.5) is 8.78 Å². The summed E-state index contributed by atoms with van der Waals surface area (Å²) in [6.07, 6.45) is 6.16. The van der Waals surface area contributed by atoms with Crippen LogP contribution >= 0.6 is 0 Å². The van der Waals surface area contributed by atoms with Gasteiger partial charge in [0.2, 0.25) is 5.91 Å². The first-order valence-electron chi connectivity index (χ1n) is 11.0. The van der Waals surface area contributed by atoms with Crippen LogP contribution in [0.15, 0.2) is 48.7 Å². The molecule has 2 fully saturated rings. The Labute approximate surface area is 185 Å². The number of hydrogen-bond donors (Lipinski definition) is 1. The number of fused-ring (bicyclic) bond motifs is 2. The molecule has 6 nitrogen and oxygen atoms in total. The van der Waals surface area contributed by atoms with E-state index in [0.717, 1.165) is 25.5 Å². The largest absolute Gasteiger partial charge is 0.366 e. The molecule has 5 rings (SSSR count). The SMILES string of the molecule is NC(=O)c1cccc([C@H]2C[C@H]3CC[C@@H](C2)N3CCn2cc(-c3ccc(F)cc3F)nn2)c1. The van der Waals surface area contributed by atoms with Gasteiger partial charge in [-0.2, -0.15) is 0 Å². The first kappa shape index (κ1) is 20.8. The number of carbonyl (C=O) groups is 1. The molecule has 166 valence electrons. The number of aromatic nitrogens is 3. The van der Waals surface area contributed by atoms with E-state index in [2.05, 4.69) is 21.3 Å². The zero-order valence-electron chi connectivity index (χ0n) is 17.6. The third-order valence-electron chi connectivity index (χ3n) is 6.86. The van der Waals surface area contributed by atoms with Crippen LogP contribution in [0.3, 0.4) is 0 Å². The highest BCUT2D eigenvalue weighted by Gasteiger charge is 2.40. The van der Waals surface area contributed by atoms with Gasteiger partial charge in [0.1, 0.15) is 17.3 Å². The Balaban J connectivity index is 1.23. The van der Waals surface area contributed by atoms with Crippen molar-refractivity contribution in [2.24, 2.45) is 5.73 Å². The zero-order chi connectivity index (χ0) is 22.2. The van der Waals surface area contributed by atoms with Crippen LogP contribution < -0.4 is 5.73 Å². The Bertz CT molecular complexity index is 1130. The maximum absolute atomic E-state index is 14.0. The maximum Gasteiger partial charge on any atom is 0.248 e. The van der Waals surface area contributed by atoms with Gasteiger partial charge in [-0.3, -0.25) is 14.4 Å². The monoisotopic (exact) mass is 437 g/mol. The lowest BCUT2D eigenvalue weighted by molar-refractivity contribution is 0.1000. The molecule has 2 bridgehead atoms. The molecule has 0 spiro atoms. The van der Waals surface area contributed by atoms with Crippen molar-refractivity contribution in [2.45, 2.75) is 50.2 Å². The number of primary amides is 1. The fraction of sp³-hybridized carbons (Fsp3) is 0.375. The second-order valence-corrected chi connectivity index (χ2v) is 8.77. The van der Waals surface area contributed by atoms with Crippen molar-refractivity contribution in [3.63, 3.8) is 0 Å². The minimum atomic E-state index is -0.641. The van der Waals surface area contributed by atoms with Gasteiger partial charge in [0.25, 0.3) is 0 Å². The van der Waals surface area contributed by atoms with Crippen LogP contribution in [0.25, 0.3) is 11.3 Å². The fourth-order valence-electron chi connectivity index (χ4n) is 5.30. The predicted octanol–water partition coefficient (Wildman–Crippen LogP) is 3.73. The topological polar surface area (TPSA) is 77.0 Å². The number of carbonyl (C=O) groups excluding carboxylic acids is 1. The molecule has 2 aromatic carbocycles. The van der Waals surface area contributed by atoms with Gasteiger partial charge in [-0.15, -0.1) is 5.10 Å². The van der Waals surface area contributed by atoms with Crippen molar-refractivity contribution in [1.29, 1.82) is 0 Å². The number of hydrogen-bond acceptors (Lipinski definition) is 4. The van der Waals surface area contributed by atoms with Gasteiger partial charge in [-0.05, 0) is 61.4 Å². The average Bonchev–Trinajstić information content (AvgIpc) is 3.33. The fourth-order valence-corrected chi connectivity index (χ4v) is 5.30. The van der Waals surface area contributed by atoms with Gasteiger partial charge >= 0.3 is 0 Å². The number of nitrogens with zero attached hydrogens (tertiary/aromatic N) is 4. The predicted molar refractivity (Wildman–Crippen MR) is 116 cm³/mol. The molecule has 0 unspecified atom stereocenters. The van der Waals surface area contributed by atoms with E-state index in [0.29, 0.717) is 35.8 Å². The molecular formula is C24H25F2N5O. The Morgan fingerprint density at radius 2 is 1.84 bits per heavy atom. The minimum absolute atomic E-state index is 0.247. The summed E-state index contributed by atoms with van der Waals surface area (Å²) in [7, 11) is 0. The van der Waals surface area contributed by atoms with E-state index in [-0.39, 0.29) is 11.5 Å². The van der Waals surface area contributed by atoms with Crippen molar-refractivity contribution < 1.29 is 13.6 Å². The Morgan fingerprint density at radius 3 is 2.56 bits per heavy atom. The van der Waals surface area contributed by atoms with Crippen LogP contribution in [0.5, 0.6) is 0 Å². The van der Waals surface area contributed by atoms with Gasteiger partial charge in [0.05, 0.1) is 12.7 Å². The molecule has 3 heterocycles. The number of nitrogens with two attached hydrogens (primary N) is 1. The highest BCUT2D eigenvalue weighted by atomic mass is 19.1. The quantitative estimate of drug-likeness (QED) is 0.638. The molecule has 8 heteroatoms.